The lowest BCUT2D eigenvalue weighted by molar-refractivity contribution is -0.384. The summed E-state index contributed by atoms with van der Waals surface area (Å²) in [5, 5.41) is 16.3. The molecule has 0 aliphatic heterocycles. The van der Waals surface area contributed by atoms with Gasteiger partial charge in [-0.25, -0.2) is 0 Å². The molecule has 0 heterocycles. The molecule has 0 bridgehead atoms. The molecule has 9 nitrogen and oxygen atoms in total. The van der Waals surface area contributed by atoms with Crippen molar-refractivity contribution in [3.63, 3.8) is 0 Å². The molecule has 0 fully saturated rings. The Morgan fingerprint density at radius 3 is 2.48 bits per heavy atom. The van der Waals surface area contributed by atoms with Crippen molar-refractivity contribution < 1.29 is 24.0 Å². The molecule has 0 saturated heterocycles. The van der Waals surface area contributed by atoms with E-state index in [9.17, 15) is 24.5 Å². The largest absolute Gasteiger partial charge is 0.463 e. The fraction of sp³-hybridized carbons (Fsp3) is 0.286. The Kier molecular flexibility index (Phi) is 8.51. The van der Waals surface area contributed by atoms with Gasteiger partial charge in [0.25, 0.3) is 11.6 Å². The molecular weight excluding hydrogens is 426 g/mol. The van der Waals surface area contributed by atoms with Crippen LogP contribution in [0.4, 0.5) is 5.69 Å². The van der Waals surface area contributed by atoms with E-state index in [2.05, 4.69) is 10.6 Å². The van der Waals surface area contributed by atoms with Gasteiger partial charge in [-0.15, -0.1) is 0 Å². The quantitative estimate of drug-likeness (QED) is 0.345. The number of amides is 2. The summed E-state index contributed by atoms with van der Waals surface area (Å²) in [5.41, 5.74) is 0.341. The van der Waals surface area contributed by atoms with Gasteiger partial charge < -0.3 is 15.4 Å². The summed E-state index contributed by atoms with van der Waals surface area (Å²) in [4.78, 5) is 47.0. The molecule has 0 aliphatic rings. The lowest BCUT2D eigenvalue weighted by atomic mass is 10.0. The van der Waals surface area contributed by atoms with Crippen LogP contribution in [0.2, 0.25) is 5.02 Å². The maximum absolute atomic E-state index is 12.4. The number of nitrogens with zero attached hydrogens (tertiary/aromatic N) is 1. The van der Waals surface area contributed by atoms with Gasteiger partial charge >= 0.3 is 5.97 Å². The van der Waals surface area contributed by atoms with Crippen molar-refractivity contribution in [1.29, 1.82) is 0 Å². The van der Waals surface area contributed by atoms with Gasteiger partial charge in [-0.3, -0.25) is 24.5 Å². The topological polar surface area (TPSA) is 128 Å². The van der Waals surface area contributed by atoms with E-state index in [-0.39, 0.29) is 23.8 Å². The highest BCUT2D eigenvalue weighted by Gasteiger charge is 2.22. The van der Waals surface area contributed by atoms with Crippen molar-refractivity contribution in [3.05, 3.63) is 74.8 Å². The highest BCUT2D eigenvalue weighted by atomic mass is 35.5. The minimum Gasteiger partial charge on any atom is -0.463 e. The summed E-state index contributed by atoms with van der Waals surface area (Å²) < 4.78 is 5.15. The van der Waals surface area contributed by atoms with E-state index in [0.717, 1.165) is 6.07 Å². The fourth-order valence-electron chi connectivity index (χ4n) is 2.74. The molecule has 0 spiro atoms. The van der Waals surface area contributed by atoms with Crippen LogP contribution in [0.5, 0.6) is 0 Å². The normalized spacial score (nSPS) is 11.5. The Morgan fingerprint density at radius 1 is 1.13 bits per heavy atom. The van der Waals surface area contributed by atoms with E-state index in [0.29, 0.717) is 10.6 Å². The summed E-state index contributed by atoms with van der Waals surface area (Å²) in [6.45, 7) is 3.02. The number of carbonyl (C=O) groups excluding carboxylic acids is 3. The standard InChI is InChI=1S/C21H22ClN3O6/c1-13(2)31-20(27)11-18(16-8-3-4-9-17(16)22)24-19(26)12-23-21(28)14-6-5-7-15(10-14)25(29)30/h3-10,13,18H,11-12H2,1-2H3,(H,23,28)(H,24,26). The van der Waals surface area contributed by atoms with Crippen molar-refractivity contribution in [1.82, 2.24) is 10.6 Å². The fourth-order valence-corrected chi connectivity index (χ4v) is 3.01. The number of halogens is 1. The molecule has 2 rings (SSSR count). The van der Waals surface area contributed by atoms with Crippen LogP contribution in [0, 0.1) is 10.1 Å². The predicted molar refractivity (Wildman–Crippen MR) is 114 cm³/mol. The number of hydrogen-bond donors (Lipinski definition) is 2. The lowest BCUT2D eigenvalue weighted by Gasteiger charge is -2.20. The van der Waals surface area contributed by atoms with Crippen LogP contribution in [-0.2, 0) is 14.3 Å². The van der Waals surface area contributed by atoms with Crippen LogP contribution in [0.25, 0.3) is 0 Å². The SMILES string of the molecule is CC(C)OC(=O)CC(NC(=O)CNC(=O)c1cccc([N+](=O)[O-])c1)c1ccccc1Cl. The van der Waals surface area contributed by atoms with Gasteiger partial charge in [-0.05, 0) is 31.5 Å². The second-order valence-electron chi connectivity index (χ2n) is 6.87. The average molecular weight is 448 g/mol. The molecular formula is C21H22ClN3O6. The number of rotatable bonds is 9. The molecule has 0 saturated carbocycles. The van der Waals surface area contributed by atoms with Gasteiger partial charge in [-0.2, -0.15) is 0 Å². The Morgan fingerprint density at radius 2 is 1.84 bits per heavy atom. The molecule has 0 radical (unpaired) electrons. The number of nitrogens with one attached hydrogen (secondary N) is 2. The highest BCUT2D eigenvalue weighted by molar-refractivity contribution is 6.31. The third-order valence-electron chi connectivity index (χ3n) is 4.08. The summed E-state index contributed by atoms with van der Waals surface area (Å²) in [7, 11) is 0. The first-order valence-corrected chi connectivity index (χ1v) is 9.81. The number of non-ortho nitro benzene ring substituents is 1. The van der Waals surface area contributed by atoms with Crippen LogP contribution in [0.15, 0.2) is 48.5 Å². The monoisotopic (exact) mass is 447 g/mol. The Balaban J connectivity index is 2.05. The van der Waals surface area contributed by atoms with Gasteiger partial charge in [0.1, 0.15) is 0 Å². The summed E-state index contributed by atoms with van der Waals surface area (Å²) in [6, 6.07) is 11.1. The predicted octanol–water partition coefficient (Wildman–Crippen LogP) is 3.18. The lowest BCUT2D eigenvalue weighted by Crippen LogP contribution is -2.39. The number of esters is 1. The van der Waals surface area contributed by atoms with Crippen LogP contribution < -0.4 is 10.6 Å². The first kappa shape index (κ1) is 23.8. The minimum atomic E-state index is -0.762. The molecule has 2 amide bonds. The van der Waals surface area contributed by atoms with E-state index < -0.39 is 35.3 Å². The maximum atomic E-state index is 12.4. The van der Waals surface area contributed by atoms with Crippen LogP contribution in [0.1, 0.15) is 42.2 Å². The van der Waals surface area contributed by atoms with E-state index >= 15 is 0 Å². The molecule has 2 aromatic rings. The number of ether oxygens (including phenoxy) is 1. The molecule has 10 heteroatoms. The van der Waals surface area contributed by atoms with Gasteiger partial charge in [0.05, 0.1) is 30.0 Å². The van der Waals surface area contributed by atoms with Crippen LogP contribution >= 0.6 is 11.6 Å². The number of hydrogen-bond acceptors (Lipinski definition) is 6. The zero-order valence-electron chi connectivity index (χ0n) is 17.0. The molecule has 0 aliphatic carbocycles. The summed E-state index contributed by atoms with van der Waals surface area (Å²) in [5.74, 6) is -1.73. The van der Waals surface area contributed by atoms with Crippen LogP contribution in [-0.4, -0.2) is 35.4 Å². The first-order valence-electron chi connectivity index (χ1n) is 9.43. The number of benzene rings is 2. The van der Waals surface area contributed by atoms with E-state index in [1.807, 2.05) is 0 Å². The van der Waals surface area contributed by atoms with Crippen LogP contribution in [0.3, 0.4) is 0 Å². The van der Waals surface area contributed by atoms with Gasteiger partial charge in [0.15, 0.2) is 0 Å². The van der Waals surface area contributed by atoms with Gasteiger partial charge in [0.2, 0.25) is 5.91 Å². The van der Waals surface area contributed by atoms with Gasteiger partial charge in [0, 0.05) is 22.7 Å². The van der Waals surface area contributed by atoms with Crippen molar-refractivity contribution in [3.8, 4) is 0 Å². The van der Waals surface area contributed by atoms with Crippen molar-refractivity contribution in [2.24, 2.45) is 0 Å². The molecule has 1 atom stereocenters. The molecule has 2 N–H and O–H groups in total. The molecule has 31 heavy (non-hydrogen) atoms. The molecule has 2 aromatic carbocycles. The van der Waals surface area contributed by atoms with Crippen molar-refractivity contribution in [2.45, 2.75) is 32.4 Å². The number of nitro benzene ring substituents is 1. The second-order valence-corrected chi connectivity index (χ2v) is 7.28. The van der Waals surface area contributed by atoms with Crippen molar-refractivity contribution in [2.75, 3.05) is 6.54 Å². The second kappa shape index (κ2) is 11.1. The molecule has 0 aromatic heterocycles. The van der Waals surface area contributed by atoms with E-state index in [4.69, 9.17) is 16.3 Å². The van der Waals surface area contributed by atoms with E-state index in [1.54, 1.807) is 38.1 Å². The third-order valence-corrected chi connectivity index (χ3v) is 4.43. The van der Waals surface area contributed by atoms with Gasteiger partial charge in [-0.1, -0.05) is 35.9 Å². The smallest absolute Gasteiger partial charge is 0.308 e. The first-order chi connectivity index (χ1) is 14.7. The zero-order valence-corrected chi connectivity index (χ0v) is 17.7. The number of nitro groups is 1. The summed E-state index contributed by atoms with van der Waals surface area (Å²) in [6.07, 6.45) is -0.462. The Bertz CT molecular complexity index is 979. The number of carbonyl (C=O) groups is 3. The molecule has 1 unspecified atom stereocenters. The maximum Gasteiger partial charge on any atom is 0.308 e. The van der Waals surface area contributed by atoms with E-state index in [1.165, 1.54) is 18.2 Å². The minimum absolute atomic E-state index is 0.0464. The van der Waals surface area contributed by atoms with Crippen molar-refractivity contribution >= 4 is 35.1 Å². The zero-order chi connectivity index (χ0) is 23.0. The Labute approximate surface area is 183 Å². The average Bonchev–Trinajstić information content (AvgIpc) is 2.71. The summed E-state index contributed by atoms with van der Waals surface area (Å²) >= 11 is 6.21. The molecule has 164 valence electrons. The highest BCUT2D eigenvalue weighted by Crippen LogP contribution is 2.25. The third kappa shape index (κ3) is 7.38. The Hall–Kier alpha value is -3.46.